The Morgan fingerprint density at radius 1 is 0.882 bits per heavy atom. The molecule has 2 aromatic carbocycles. The second-order valence-electron chi connectivity index (χ2n) is 12.3. The Labute approximate surface area is 204 Å². The average molecular weight is 453 g/mol. The van der Waals surface area contributed by atoms with E-state index >= 15 is 0 Å². The van der Waals surface area contributed by atoms with E-state index in [9.17, 15) is 0 Å². The number of pyridine rings is 1. The van der Waals surface area contributed by atoms with Crippen molar-refractivity contribution in [2.24, 2.45) is 7.05 Å². The molecular formula is C32H38NO+. The maximum Gasteiger partial charge on any atom is 0.216 e. The molecule has 2 heterocycles. The van der Waals surface area contributed by atoms with E-state index < -0.39 is 0 Å². The summed E-state index contributed by atoms with van der Waals surface area (Å²) >= 11 is 0. The SMILES string of the molecule is Cc1ccc2c(oc3ccc4c(c32)C(C)(C)CCC4(C)C)c1-c1ccc(C2CCCC2)c[n+]1C. The molecule has 6 rings (SSSR count). The van der Waals surface area contributed by atoms with Gasteiger partial charge in [-0.05, 0) is 78.2 Å². The maximum atomic E-state index is 6.72. The molecule has 1 saturated carbocycles. The van der Waals surface area contributed by atoms with Crippen molar-refractivity contribution in [1.82, 2.24) is 0 Å². The Morgan fingerprint density at radius 2 is 1.62 bits per heavy atom. The van der Waals surface area contributed by atoms with Crippen LogP contribution in [0.1, 0.15) is 94.4 Å². The number of rotatable bonds is 2. The first-order chi connectivity index (χ1) is 16.2. The van der Waals surface area contributed by atoms with Gasteiger partial charge in [-0.1, -0.05) is 58.7 Å². The van der Waals surface area contributed by atoms with Gasteiger partial charge in [-0.2, -0.15) is 0 Å². The van der Waals surface area contributed by atoms with E-state index in [1.165, 1.54) is 82.8 Å². The predicted octanol–water partition coefficient (Wildman–Crippen LogP) is 8.39. The minimum atomic E-state index is 0.139. The molecule has 2 heteroatoms. The molecule has 2 nitrogen and oxygen atoms in total. The number of aryl methyl sites for hydroxylation is 2. The van der Waals surface area contributed by atoms with Crippen LogP contribution in [0, 0.1) is 6.92 Å². The van der Waals surface area contributed by atoms with Crippen molar-refractivity contribution in [2.45, 2.75) is 89.9 Å². The van der Waals surface area contributed by atoms with Crippen LogP contribution >= 0.6 is 0 Å². The third-order valence-corrected chi connectivity index (χ3v) is 9.03. The lowest BCUT2D eigenvalue weighted by molar-refractivity contribution is -0.660. The summed E-state index contributed by atoms with van der Waals surface area (Å²) in [6, 6.07) is 13.8. The summed E-state index contributed by atoms with van der Waals surface area (Å²) in [5, 5.41) is 2.59. The van der Waals surface area contributed by atoms with Crippen molar-refractivity contribution >= 4 is 21.9 Å². The topological polar surface area (TPSA) is 17.0 Å². The summed E-state index contributed by atoms with van der Waals surface area (Å²) in [6.07, 6.45) is 10.2. The highest BCUT2D eigenvalue weighted by molar-refractivity contribution is 6.12. The van der Waals surface area contributed by atoms with Crippen molar-refractivity contribution in [1.29, 1.82) is 0 Å². The van der Waals surface area contributed by atoms with Crippen LogP contribution in [0.4, 0.5) is 0 Å². The Balaban J connectivity index is 1.61. The summed E-state index contributed by atoms with van der Waals surface area (Å²) in [5.74, 6) is 0.723. The van der Waals surface area contributed by atoms with E-state index in [0.29, 0.717) is 0 Å². The molecule has 0 spiro atoms. The molecule has 0 aliphatic heterocycles. The fourth-order valence-corrected chi connectivity index (χ4v) is 6.89. The normalized spacial score (nSPS) is 19.7. The molecule has 1 fully saturated rings. The van der Waals surface area contributed by atoms with Gasteiger partial charge in [-0.3, -0.25) is 0 Å². The molecule has 2 aliphatic carbocycles. The molecule has 2 aromatic heterocycles. The first-order valence-corrected chi connectivity index (χ1v) is 13.2. The number of hydrogen-bond acceptors (Lipinski definition) is 1. The van der Waals surface area contributed by atoms with Gasteiger partial charge in [-0.15, -0.1) is 0 Å². The zero-order chi connectivity index (χ0) is 23.8. The number of fused-ring (bicyclic) bond motifs is 5. The van der Waals surface area contributed by atoms with Gasteiger partial charge in [-0.25, -0.2) is 4.57 Å². The molecule has 0 atom stereocenters. The number of furan rings is 1. The second-order valence-corrected chi connectivity index (χ2v) is 12.3. The van der Waals surface area contributed by atoms with Crippen LogP contribution in [0.15, 0.2) is 47.0 Å². The van der Waals surface area contributed by atoms with E-state index in [2.05, 4.69) is 88.8 Å². The molecule has 0 radical (unpaired) electrons. The van der Waals surface area contributed by atoms with Crippen LogP contribution in [0.3, 0.4) is 0 Å². The average Bonchev–Trinajstić information content (AvgIpc) is 3.45. The Kier molecular flexibility index (Phi) is 4.79. The van der Waals surface area contributed by atoms with Gasteiger partial charge in [0, 0.05) is 22.4 Å². The van der Waals surface area contributed by atoms with Crippen LogP contribution in [0.2, 0.25) is 0 Å². The van der Waals surface area contributed by atoms with Crippen LogP contribution in [0.25, 0.3) is 33.2 Å². The third-order valence-electron chi connectivity index (χ3n) is 9.03. The first kappa shape index (κ1) is 21.9. The van der Waals surface area contributed by atoms with E-state index in [4.69, 9.17) is 4.42 Å². The fraction of sp³-hybridized carbons (Fsp3) is 0.469. The molecule has 34 heavy (non-hydrogen) atoms. The maximum absolute atomic E-state index is 6.72. The quantitative estimate of drug-likeness (QED) is 0.279. The summed E-state index contributed by atoms with van der Waals surface area (Å²) < 4.78 is 9.04. The highest BCUT2D eigenvalue weighted by Crippen LogP contribution is 2.51. The Hall–Kier alpha value is -2.61. The lowest BCUT2D eigenvalue weighted by Gasteiger charge is -2.42. The lowest BCUT2D eigenvalue weighted by Crippen LogP contribution is -2.33. The van der Waals surface area contributed by atoms with Gasteiger partial charge in [0.2, 0.25) is 5.69 Å². The number of hydrogen-bond donors (Lipinski definition) is 0. The van der Waals surface area contributed by atoms with Gasteiger partial charge >= 0.3 is 0 Å². The minimum absolute atomic E-state index is 0.139. The molecular weight excluding hydrogens is 414 g/mol. The van der Waals surface area contributed by atoms with Gasteiger partial charge in [0.1, 0.15) is 18.2 Å². The monoisotopic (exact) mass is 452 g/mol. The molecule has 176 valence electrons. The van der Waals surface area contributed by atoms with Crippen molar-refractivity contribution in [3.05, 3.63) is 64.8 Å². The molecule has 0 saturated heterocycles. The van der Waals surface area contributed by atoms with Crippen LogP contribution in [-0.4, -0.2) is 0 Å². The summed E-state index contributed by atoms with van der Waals surface area (Å²) in [4.78, 5) is 0. The fourth-order valence-electron chi connectivity index (χ4n) is 6.89. The number of aromatic nitrogens is 1. The summed E-state index contributed by atoms with van der Waals surface area (Å²) in [7, 11) is 2.20. The molecule has 4 aromatic rings. The molecule has 0 bridgehead atoms. The standard InChI is InChI=1S/C32H38NO/c1-20-11-13-23-28-26(16-14-24-29(28)32(4,5)18-17-31(24,2)3)34-30(23)27(20)25-15-12-22(19-33(25)6)21-9-7-8-10-21/h11-16,19,21H,7-10,17-18H2,1-6H3/q+1. The number of nitrogens with zero attached hydrogens (tertiary/aromatic N) is 1. The van der Waals surface area contributed by atoms with Crippen molar-refractivity contribution in [3.63, 3.8) is 0 Å². The summed E-state index contributed by atoms with van der Waals surface area (Å²) in [6.45, 7) is 11.8. The zero-order valence-corrected chi connectivity index (χ0v) is 21.7. The number of benzene rings is 2. The van der Waals surface area contributed by atoms with Crippen LogP contribution < -0.4 is 4.57 Å². The van der Waals surface area contributed by atoms with E-state index in [0.717, 1.165) is 17.1 Å². The molecule has 0 N–H and O–H groups in total. The predicted molar refractivity (Wildman–Crippen MR) is 142 cm³/mol. The van der Waals surface area contributed by atoms with Gasteiger partial charge in [0.15, 0.2) is 6.20 Å². The third kappa shape index (κ3) is 3.17. The van der Waals surface area contributed by atoms with Gasteiger partial charge in [0.05, 0.1) is 5.56 Å². The van der Waals surface area contributed by atoms with E-state index in [1.54, 1.807) is 0 Å². The molecule has 2 aliphatic rings. The second kappa shape index (κ2) is 7.44. The smallest absolute Gasteiger partial charge is 0.216 e. The van der Waals surface area contributed by atoms with Crippen LogP contribution in [-0.2, 0) is 17.9 Å². The lowest BCUT2D eigenvalue weighted by atomic mass is 9.62. The van der Waals surface area contributed by atoms with Crippen molar-refractivity contribution < 1.29 is 8.98 Å². The highest BCUT2D eigenvalue weighted by Gasteiger charge is 2.39. The van der Waals surface area contributed by atoms with E-state index in [-0.39, 0.29) is 10.8 Å². The summed E-state index contributed by atoms with van der Waals surface area (Å²) in [5.41, 5.74) is 10.6. The Bertz CT molecular complexity index is 1430. The van der Waals surface area contributed by atoms with Gasteiger partial charge in [0.25, 0.3) is 0 Å². The van der Waals surface area contributed by atoms with Crippen molar-refractivity contribution in [3.8, 4) is 11.3 Å². The highest BCUT2D eigenvalue weighted by atomic mass is 16.3. The first-order valence-electron chi connectivity index (χ1n) is 13.2. The molecule has 0 amide bonds. The minimum Gasteiger partial charge on any atom is -0.455 e. The molecule has 0 unspecified atom stereocenters. The van der Waals surface area contributed by atoms with E-state index in [1.807, 2.05) is 0 Å². The van der Waals surface area contributed by atoms with Gasteiger partial charge < -0.3 is 4.42 Å². The van der Waals surface area contributed by atoms with Crippen LogP contribution in [0.5, 0.6) is 0 Å². The largest absolute Gasteiger partial charge is 0.455 e. The Morgan fingerprint density at radius 3 is 2.35 bits per heavy atom. The zero-order valence-electron chi connectivity index (χ0n) is 21.7. The van der Waals surface area contributed by atoms with Crippen molar-refractivity contribution in [2.75, 3.05) is 0 Å².